The predicted octanol–water partition coefficient (Wildman–Crippen LogP) is 4.49. The molecule has 0 radical (unpaired) electrons. The summed E-state index contributed by atoms with van der Waals surface area (Å²) in [6.07, 6.45) is 4.03. The van der Waals surface area contributed by atoms with E-state index < -0.39 is 0 Å². The van der Waals surface area contributed by atoms with Crippen molar-refractivity contribution in [1.29, 1.82) is 0 Å². The first-order chi connectivity index (χ1) is 14.0. The summed E-state index contributed by atoms with van der Waals surface area (Å²) in [7, 11) is 4.43. The third kappa shape index (κ3) is 5.51. The Morgan fingerprint density at radius 3 is 2.90 bits per heavy atom. The van der Waals surface area contributed by atoms with E-state index in [9.17, 15) is 0 Å². The van der Waals surface area contributed by atoms with Gasteiger partial charge >= 0.3 is 7.62 Å². The maximum Gasteiger partial charge on any atom is 0.363 e. The lowest BCUT2D eigenvalue weighted by atomic mass is 10.0. The number of benzene rings is 1. The summed E-state index contributed by atoms with van der Waals surface area (Å²) in [6.45, 7) is 4.01. The minimum atomic E-state index is 0.492. The summed E-state index contributed by atoms with van der Waals surface area (Å²) in [6, 6.07) is 9.76. The van der Waals surface area contributed by atoms with Crippen LogP contribution in [0.3, 0.4) is 0 Å². The van der Waals surface area contributed by atoms with Crippen LogP contribution in [0.1, 0.15) is 19.8 Å². The van der Waals surface area contributed by atoms with E-state index in [1.807, 2.05) is 34.8 Å². The fourth-order valence-corrected chi connectivity index (χ4v) is 4.08. The van der Waals surface area contributed by atoms with E-state index >= 15 is 0 Å². The predicted molar refractivity (Wildman–Crippen MR) is 125 cm³/mol. The Bertz CT molecular complexity index is 954. The van der Waals surface area contributed by atoms with E-state index in [1.165, 1.54) is 0 Å². The lowest BCUT2D eigenvalue weighted by Crippen LogP contribution is -2.33. The average Bonchev–Trinajstić information content (AvgIpc) is 3.07. The Morgan fingerprint density at radius 1 is 1.38 bits per heavy atom. The van der Waals surface area contributed by atoms with Crippen LogP contribution in [0, 0.1) is 5.92 Å². The minimum absolute atomic E-state index is 0.492. The first kappa shape index (κ1) is 22.1. The highest BCUT2D eigenvalue weighted by molar-refractivity contribution is 9.10. The number of halogens is 2. The van der Waals surface area contributed by atoms with Gasteiger partial charge in [-0.05, 0) is 47.9 Å². The second kappa shape index (κ2) is 10.4. The SMILES string of the molecule is CCCC(CNc1cc(-c2ccccc2Cl)nc2c(Br)cnn12)CN(C)BOC. The highest BCUT2D eigenvalue weighted by Crippen LogP contribution is 2.30. The zero-order chi connectivity index (χ0) is 20.8. The number of aromatic nitrogens is 3. The highest BCUT2D eigenvalue weighted by Gasteiger charge is 2.16. The lowest BCUT2D eigenvalue weighted by molar-refractivity contribution is 0.326. The molecule has 3 aromatic rings. The first-order valence-electron chi connectivity index (χ1n) is 9.74. The van der Waals surface area contributed by atoms with Gasteiger partial charge in [0.25, 0.3) is 0 Å². The summed E-state index contributed by atoms with van der Waals surface area (Å²) in [4.78, 5) is 6.97. The molecule has 0 spiro atoms. The fraction of sp³-hybridized carbons (Fsp3) is 0.400. The van der Waals surface area contributed by atoms with Crippen LogP contribution in [-0.2, 0) is 4.65 Å². The molecule has 1 atom stereocenters. The first-order valence-corrected chi connectivity index (χ1v) is 10.9. The normalized spacial score (nSPS) is 12.5. The van der Waals surface area contributed by atoms with Gasteiger partial charge in [0.2, 0.25) is 0 Å². The molecule has 0 aliphatic carbocycles. The molecule has 0 amide bonds. The molecule has 0 bridgehead atoms. The Labute approximate surface area is 186 Å². The molecule has 154 valence electrons. The van der Waals surface area contributed by atoms with Crippen LogP contribution in [0.15, 0.2) is 41.0 Å². The van der Waals surface area contributed by atoms with Crippen molar-refractivity contribution in [3.63, 3.8) is 0 Å². The zero-order valence-corrected chi connectivity index (χ0v) is 19.4. The summed E-state index contributed by atoms with van der Waals surface area (Å²) >= 11 is 9.97. The Kier molecular flexibility index (Phi) is 7.95. The zero-order valence-electron chi connectivity index (χ0n) is 17.0. The molecule has 0 aliphatic heterocycles. The average molecular weight is 479 g/mol. The van der Waals surface area contributed by atoms with Crippen LogP contribution < -0.4 is 5.32 Å². The van der Waals surface area contributed by atoms with Gasteiger partial charge in [-0.1, -0.05) is 43.1 Å². The molecule has 6 nitrogen and oxygen atoms in total. The van der Waals surface area contributed by atoms with Crippen LogP contribution >= 0.6 is 27.5 Å². The Morgan fingerprint density at radius 2 is 2.17 bits per heavy atom. The van der Waals surface area contributed by atoms with E-state index in [4.69, 9.17) is 21.2 Å². The van der Waals surface area contributed by atoms with E-state index in [-0.39, 0.29) is 0 Å². The lowest BCUT2D eigenvalue weighted by Gasteiger charge is -2.23. The van der Waals surface area contributed by atoms with Crippen LogP contribution in [0.2, 0.25) is 5.02 Å². The monoisotopic (exact) mass is 477 g/mol. The van der Waals surface area contributed by atoms with Gasteiger partial charge in [-0.3, -0.25) is 0 Å². The standard InChI is InChI=1S/C20H26BBrClN5O/c1-4-7-14(13-27(2)21-29-3)11-24-19-10-18(15-8-5-6-9-17(15)23)26-20-16(22)12-25-28(19)20/h5-6,8-10,12,14,21,24H,4,7,11,13H2,1-3H3. The fourth-order valence-electron chi connectivity index (χ4n) is 3.50. The van der Waals surface area contributed by atoms with E-state index in [0.717, 1.165) is 53.1 Å². The van der Waals surface area contributed by atoms with Crippen molar-refractivity contribution in [2.75, 3.05) is 32.6 Å². The molecular formula is C20H26BBrClN5O. The molecule has 1 aromatic carbocycles. The second-order valence-electron chi connectivity index (χ2n) is 7.23. The summed E-state index contributed by atoms with van der Waals surface area (Å²) in [5, 5.41) is 8.74. The molecule has 1 unspecified atom stereocenters. The smallest absolute Gasteiger partial charge is 0.363 e. The summed E-state index contributed by atoms with van der Waals surface area (Å²) in [5.41, 5.74) is 2.47. The van der Waals surface area contributed by atoms with E-state index in [0.29, 0.717) is 18.6 Å². The number of nitrogens with one attached hydrogen (secondary N) is 1. The molecular weight excluding hydrogens is 452 g/mol. The third-order valence-corrected chi connectivity index (χ3v) is 5.66. The third-order valence-electron chi connectivity index (χ3n) is 4.77. The summed E-state index contributed by atoms with van der Waals surface area (Å²) in [5.74, 6) is 1.39. The number of fused-ring (bicyclic) bond motifs is 1. The highest BCUT2D eigenvalue weighted by atomic mass is 79.9. The van der Waals surface area contributed by atoms with Crippen molar-refractivity contribution in [3.05, 3.63) is 46.0 Å². The van der Waals surface area contributed by atoms with Gasteiger partial charge in [0.05, 0.1) is 16.4 Å². The molecule has 2 heterocycles. The number of hydrogen-bond donors (Lipinski definition) is 1. The largest absolute Gasteiger partial charge is 0.427 e. The maximum atomic E-state index is 6.42. The van der Waals surface area contributed by atoms with Crippen LogP contribution in [0.25, 0.3) is 16.9 Å². The molecule has 2 aromatic heterocycles. The topological polar surface area (TPSA) is 54.7 Å². The van der Waals surface area contributed by atoms with Crippen molar-refractivity contribution < 1.29 is 4.65 Å². The molecule has 0 saturated heterocycles. The van der Waals surface area contributed by atoms with Crippen molar-refractivity contribution in [2.45, 2.75) is 19.8 Å². The van der Waals surface area contributed by atoms with Crippen molar-refractivity contribution in [3.8, 4) is 11.3 Å². The Balaban J connectivity index is 1.88. The van der Waals surface area contributed by atoms with Gasteiger partial charge < -0.3 is 14.8 Å². The maximum absolute atomic E-state index is 6.42. The molecule has 0 fully saturated rings. The summed E-state index contributed by atoms with van der Waals surface area (Å²) < 4.78 is 7.92. The second-order valence-corrected chi connectivity index (χ2v) is 8.49. The number of anilines is 1. The van der Waals surface area contributed by atoms with Gasteiger partial charge in [-0.15, -0.1) is 0 Å². The van der Waals surface area contributed by atoms with Gasteiger partial charge in [0, 0.05) is 30.3 Å². The van der Waals surface area contributed by atoms with E-state index in [2.05, 4.69) is 45.1 Å². The minimum Gasteiger partial charge on any atom is -0.427 e. The number of nitrogens with zero attached hydrogens (tertiary/aromatic N) is 4. The molecule has 9 heteroatoms. The molecule has 0 saturated carbocycles. The van der Waals surface area contributed by atoms with Gasteiger partial charge in [0.15, 0.2) is 5.65 Å². The quantitative estimate of drug-likeness (QED) is 0.436. The Hall–Kier alpha value is -1.61. The van der Waals surface area contributed by atoms with Gasteiger partial charge in [-0.25, -0.2) is 4.98 Å². The van der Waals surface area contributed by atoms with Crippen LogP contribution in [-0.4, -0.2) is 54.3 Å². The van der Waals surface area contributed by atoms with Crippen molar-refractivity contribution >= 4 is 46.6 Å². The van der Waals surface area contributed by atoms with Crippen molar-refractivity contribution in [2.24, 2.45) is 5.92 Å². The van der Waals surface area contributed by atoms with E-state index in [1.54, 1.807) is 13.3 Å². The van der Waals surface area contributed by atoms with Crippen LogP contribution in [0.4, 0.5) is 5.82 Å². The molecule has 29 heavy (non-hydrogen) atoms. The van der Waals surface area contributed by atoms with Gasteiger partial charge in [0.1, 0.15) is 5.82 Å². The number of rotatable bonds is 10. The molecule has 0 aliphatic rings. The van der Waals surface area contributed by atoms with Crippen molar-refractivity contribution in [1.82, 2.24) is 19.4 Å². The van der Waals surface area contributed by atoms with Gasteiger partial charge in [-0.2, -0.15) is 9.61 Å². The van der Waals surface area contributed by atoms with Crippen LogP contribution in [0.5, 0.6) is 0 Å². The number of hydrogen-bond acceptors (Lipinski definition) is 5. The molecule has 1 N–H and O–H groups in total. The molecule has 3 rings (SSSR count).